The smallest absolute Gasteiger partial charge is 0.337 e. The lowest BCUT2D eigenvalue weighted by molar-refractivity contribution is -0.129. The van der Waals surface area contributed by atoms with Gasteiger partial charge in [0.15, 0.2) is 0 Å². The molecule has 1 aliphatic heterocycles. The summed E-state index contributed by atoms with van der Waals surface area (Å²) in [7, 11) is -3.15. The number of hydrogen-bond donors (Lipinski definition) is 1. The number of carbonyl (C=O) groups excluding carboxylic acids is 2. The average Bonchev–Trinajstić information content (AvgIpc) is 3.51. The topological polar surface area (TPSA) is 114 Å². The number of thioether (sulfide) groups is 1. The molecule has 1 amide bonds. The Labute approximate surface area is 192 Å². The molecule has 8 nitrogen and oxygen atoms in total. The van der Waals surface area contributed by atoms with E-state index in [4.69, 9.17) is 4.42 Å². The van der Waals surface area contributed by atoms with Gasteiger partial charge in [-0.1, -0.05) is 18.2 Å². The van der Waals surface area contributed by atoms with Crippen molar-refractivity contribution in [2.75, 3.05) is 7.11 Å². The van der Waals surface area contributed by atoms with Crippen LogP contribution in [0.1, 0.15) is 21.0 Å². The molecule has 0 spiro atoms. The van der Waals surface area contributed by atoms with Crippen LogP contribution < -0.4 is 0 Å². The molecule has 0 saturated carbocycles. The summed E-state index contributed by atoms with van der Waals surface area (Å²) in [4.78, 5) is 26.5. The van der Waals surface area contributed by atoms with E-state index in [2.05, 4.69) is 4.74 Å². The quantitative estimate of drug-likeness (QED) is 0.392. The Kier molecular flexibility index (Phi) is 6.42. The van der Waals surface area contributed by atoms with Crippen LogP contribution in [-0.2, 0) is 32.6 Å². The highest BCUT2D eigenvalue weighted by atomic mass is 32.3. The summed E-state index contributed by atoms with van der Waals surface area (Å²) in [5.74, 6) is 0.254. The van der Waals surface area contributed by atoms with Crippen molar-refractivity contribution in [3.05, 3.63) is 70.1 Å². The fourth-order valence-electron chi connectivity index (χ4n) is 3.36. The molecule has 3 heterocycles. The van der Waals surface area contributed by atoms with Crippen LogP contribution in [0.25, 0.3) is 11.3 Å². The molecule has 1 aromatic carbocycles. The number of furan rings is 1. The second kappa shape index (κ2) is 9.10. The van der Waals surface area contributed by atoms with E-state index in [1.165, 1.54) is 23.3 Å². The zero-order chi connectivity index (χ0) is 22.9. The van der Waals surface area contributed by atoms with Gasteiger partial charge in [0, 0.05) is 16.9 Å². The number of ether oxygens (including phenoxy) is 1. The van der Waals surface area contributed by atoms with Gasteiger partial charge in [-0.3, -0.25) is 9.35 Å². The van der Waals surface area contributed by atoms with E-state index in [-0.39, 0.29) is 18.9 Å². The lowest BCUT2D eigenvalue weighted by Crippen LogP contribution is -2.37. The van der Waals surface area contributed by atoms with Crippen LogP contribution >= 0.6 is 23.1 Å². The number of benzene rings is 1. The van der Waals surface area contributed by atoms with Crippen LogP contribution in [0.2, 0.25) is 0 Å². The van der Waals surface area contributed by atoms with Crippen LogP contribution in [0.5, 0.6) is 0 Å². The standard InChI is InChI=1S/C21H19NO7S3/c1-28-20(24)14-6-4-13(5-7-14)17-9-8-15(29-17)11-18-19(23)22(12-16-3-2-10-30-16)21(31-18)32(25,26)27/h2-10,18,21H,11-12H2,1H3,(H,25,26,27). The summed E-state index contributed by atoms with van der Waals surface area (Å²) in [5.41, 5.74) is 1.16. The minimum atomic E-state index is -4.46. The number of thiophene rings is 1. The Hall–Kier alpha value is -2.60. The molecule has 1 N–H and O–H groups in total. The molecule has 11 heteroatoms. The molecule has 1 saturated heterocycles. The highest BCUT2D eigenvalue weighted by Crippen LogP contribution is 2.38. The second-order valence-corrected chi connectivity index (χ2v) is 11.1. The minimum absolute atomic E-state index is 0.112. The molecule has 2 aromatic heterocycles. The van der Waals surface area contributed by atoms with Crippen LogP contribution in [0.4, 0.5) is 0 Å². The fourth-order valence-corrected chi connectivity index (χ4v) is 6.65. The van der Waals surface area contributed by atoms with Crippen LogP contribution in [0, 0.1) is 0 Å². The first-order valence-corrected chi connectivity index (χ1v) is 12.8. The number of amides is 1. The molecule has 0 aliphatic carbocycles. The predicted molar refractivity (Wildman–Crippen MR) is 121 cm³/mol. The zero-order valence-corrected chi connectivity index (χ0v) is 19.3. The second-order valence-electron chi connectivity index (χ2n) is 7.03. The average molecular weight is 494 g/mol. The van der Waals surface area contributed by atoms with Gasteiger partial charge in [-0.25, -0.2) is 4.79 Å². The van der Waals surface area contributed by atoms with E-state index in [0.717, 1.165) is 22.2 Å². The van der Waals surface area contributed by atoms with E-state index in [1.54, 1.807) is 42.5 Å². The van der Waals surface area contributed by atoms with Gasteiger partial charge in [-0.15, -0.1) is 23.1 Å². The lowest BCUT2D eigenvalue weighted by atomic mass is 10.1. The number of esters is 1. The first kappa shape index (κ1) is 22.6. The number of nitrogens with zero attached hydrogens (tertiary/aromatic N) is 1. The number of methoxy groups -OCH3 is 1. The molecular formula is C21H19NO7S3. The Morgan fingerprint density at radius 1 is 1.19 bits per heavy atom. The summed E-state index contributed by atoms with van der Waals surface area (Å²) in [6.07, 6.45) is 0.177. The molecule has 2 unspecified atom stereocenters. The summed E-state index contributed by atoms with van der Waals surface area (Å²) in [5, 5.41) is 1.13. The van der Waals surface area contributed by atoms with Crippen LogP contribution in [0.3, 0.4) is 0 Å². The molecule has 1 aliphatic rings. The van der Waals surface area contributed by atoms with Crippen molar-refractivity contribution in [2.45, 2.75) is 22.9 Å². The third-order valence-electron chi connectivity index (χ3n) is 4.89. The Bertz CT molecular complexity index is 1220. The summed E-state index contributed by atoms with van der Waals surface area (Å²) >= 11 is 2.30. The Balaban J connectivity index is 1.50. The van der Waals surface area contributed by atoms with Gasteiger partial charge >= 0.3 is 5.97 Å². The van der Waals surface area contributed by atoms with Crippen molar-refractivity contribution in [1.82, 2.24) is 4.90 Å². The summed E-state index contributed by atoms with van der Waals surface area (Å²) in [6.45, 7) is 0.112. The number of carbonyl (C=O) groups is 2. The molecule has 3 aromatic rings. The van der Waals surface area contributed by atoms with Gasteiger partial charge in [-0.05, 0) is 35.7 Å². The predicted octanol–water partition coefficient (Wildman–Crippen LogP) is 3.65. The van der Waals surface area contributed by atoms with Gasteiger partial charge < -0.3 is 14.1 Å². The molecule has 4 rings (SSSR count). The minimum Gasteiger partial charge on any atom is -0.465 e. The van der Waals surface area contributed by atoms with Gasteiger partial charge in [0.2, 0.25) is 10.6 Å². The highest BCUT2D eigenvalue weighted by molar-refractivity contribution is 8.12. The first-order chi connectivity index (χ1) is 15.3. The molecule has 0 radical (unpaired) electrons. The first-order valence-electron chi connectivity index (χ1n) is 9.48. The van der Waals surface area contributed by atoms with Crippen molar-refractivity contribution < 1.29 is 31.7 Å². The van der Waals surface area contributed by atoms with Crippen molar-refractivity contribution in [3.8, 4) is 11.3 Å². The van der Waals surface area contributed by atoms with Crippen LogP contribution in [-0.4, -0.2) is 46.8 Å². The normalized spacial score (nSPS) is 18.8. The van der Waals surface area contributed by atoms with Gasteiger partial charge in [-0.2, -0.15) is 8.42 Å². The van der Waals surface area contributed by atoms with E-state index >= 15 is 0 Å². The van der Waals surface area contributed by atoms with Gasteiger partial charge in [0.25, 0.3) is 10.1 Å². The van der Waals surface area contributed by atoms with E-state index in [9.17, 15) is 22.6 Å². The largest absolute Gasteiger partial charge is 0.465 e. The molecule has 168 valence electrons. The maximum atomic E-state index is 12.9. The third-order valence-corrected chi connectivity index (χ3v) is 8.77. The lowest BCUT2D eigenvalue weighted by Gasteiger charge is -2.20. The van der Waals surface area contributed by atoms with Crippen molar-refractivity contribution >= 4 is 45.1 Å². The molecule has 0 bridgehead atoms. The van der Waals surface area contributed by atoms with E-state index in [0.29, 0.717) is 17.1 Å². The SMILES string of the molecule is COC(=O)c1ccc(-c2ccc(CC3SC(S(=O)(=O)O)N(Cc4cccs4)C3=O)o2)cc1. The Morgan fingerprint density at radius 3 is 2.56 bits per heavy atom. The maximum Gasteiger partial charge on any atom is 0.337 e. The van der Waals surface area contributed by atoms with Gasteiger partial charge in [0.1, 0.15) is 11.5 Å². The number of hydrogen-bond acceptors (Lipinski definition) is 8. The monoisotopic (exact) mass is 493 g/mol. The van der Waals surface area contributed by atoms with Gasteiger partial charge in [0.05, 0.1) is 24.5 Å². The number of rotatable bonds is 7. The van der Waals surface area contributed by atoms with Crippen molar-refractivity contribution in [1.29, 1.82) is 0 Å². The molecule has 1 fully saturated rings. The van der Waals surface area contributed by atoms with Crippen LogP contribution in [0.15, 0.2) is 58.3 Å². The Morgan fingerprint density at radius 2 is 1.94 bits per heavy atom. The fraction of sp³-hybridized carbons (Fsp3) is 0.238. The van der Waals surface area contributed by atoms with Crippen molar-refractivity contribution in [2.24, 2.45) is 0 Å². The van der Waals surface area contributed by atoms with Crippen molar-refractivity contribution in [3.63, 3.8) is 0 Å². The van der Waals surface area contributed by atoms with E-state index < -0.39 is 26.0 Å². The molecular weight excluding hydrogens is 474 g/mol. The summed E-state index contributed by atoms with van der Waals surface area (Å²) in [6, 6.07) is 13.8. The highest BCUT2D eigenvalue weighted by Gasteiger charge is 2.46. The zero-order valence-electron chi connectivity index (χ0n) is 16.8. The third kappa shape index (κ3) is 4.75. The molecule has 2 atom stereocenters. The summed E-state index contributed by atoms with van der Waals surface area (Å²) < 4.78 is 42.6. The van der Waals surface area contributed by atoms with E-state index in [1.807, 2.05) is 11.4 Å². The molecule has 32 heavy (non-hydrogen) atoms. The maximum absolute atomic E-state index is 12.9.